The quantitative estimate of drug-likeness (QED) is 0.666. The summed E-state index contributed by atoms with van der Waals surface area (Å²) >= 11 is 0. The molecule has 12 heavy (non-hydrogen) atoms. The van der Waals surface area contributed by atoms with Gasteiger partial charge in [0.15, 0.2) is 0 Å². The van der Waals surface area contributed by atoms with Gasteiger partial charge in [0.25, 0.3) is 0 Å². The van der Waals surface area contributed by atoms with Gasteiger partial charge in [-0.1, -0.05) is 0 Å². The first-order chi connectivity index (χ1) is 5.61. The number of hydrogen-bond acceptors (Lipinski definition) is 2. The van der Waals surface area contributed by atoms with E-state index in [1.54, 1.807) is 6.20 Å². The van der Waals surface area contributed by atoms with Crippen LogP contribution in [0.5, 0.6) is 0 Å². The second-order valence-electron chi connectivity index (χ2n) is 3.27. The smallest absolute Gasteiger partial charge is 0.128 e. The van der Waals surface area contributed by atoms with Crippen LogP contribution in [-0.2, 0) is 12.0 Å². The highest BCUT2D eigenvalue weighted by atomic mass is 15.1. The molecule has 1 aromatic heterocycles. The van der Waals surface area contributed by atoms with Crippen LogP contribution in [0.4, 0.5) is 0 Å². The minimum atomic E-state index is -0.487. The molecule has 0 aliphatic rings. The Labute approximate surface area is 72.7 Å². The standard InChI is InChI=1S/C9H13N3/c1-4-12-6-5-11-8(12)9(2,3)7-10/h5-6H,4H2,1-3H3. The third-order valence-electron chi connectivity index (χ3n) is 1.89. The average Bonchev–Trinajstić information content (AvgIpc) is 2.52. The van der Waals surface area contributed by atoms with Gasteiger partial charge in [-0.15, -0.1) is 0 Å². The Morgan fingerprint density at radius 3 is 2.83 bits per heavy atom. The SMILES string of the molecule is CCn1ccnc1C(C)(C)C#N. The third kappa shape index (κ3) is 1.33. The molecule has 1 heterocycles. The Hall–Kier alpha value is -1.30. The number of hydrogen-bond donors (Lipinski definition) is 0. The first kappa shape index (κ1) is 8.79. The van der Waals surface area contributed by atoms with Crippen molar-refractivity contribution in [3.63, 3.8) is 0 Å². The maximum absolute atomic E-state index is 8.88. The summed E-state index contributed by atoms with van der Waals surface area (Å²) in [6.45, 7) is 6.65. The zero-order valence-electron chi connectivity index (χ0n) is 7.70. The van der Waals surface area contributed by atoms with Gasteiger partial charge in [-0.3, -0.25) is 0 Å². The summed E-state index contributed by atoms with van der Waals surface area (Å²) in [5, 5.41) is 8.88. The van der Waals surface area contributed by atoms with Crippen molar-refractivity contribution in [1.29, 1.82) is 5.26 Å². The molecule has 0 amide bonds. The van der Waals surface area contributed by atoms with Crippen LogP contribution in [-0.4, -0.2) is 9.55 Å². The molecule has 0 aliphatic heterocycles. The van der Waals surface area contributed by atoms with Crippen LogP contribution >= 0.6 is 0 Å². The van der Waals surface area contributed by atoms with Crippen LogP contribution in [0, 0.1) is 11.3 Å². The lowest BCUT2D eigenvalue weighted by Crippen LogP contribution is -2.20. The van der Waals surface area contributed by atoms with Crippen LogP contribution in [0.15, 0.2) is 12.4 Å². The molecule has 64 valence electrons. The molecule has 3 nitrogen and oxygen atoms in total. The van der Waals surface area contributed by atoms with Crippen molar-refractivity contribution in [2.75, 3.05) is 0 Å². The lowest BCUT2D eigenvalue weighted by atomic mass is 9.95. The molecule has 0 fully saturated rings. The Bertz CT molecular complexity index is 304. The van der Waals surface area contributed by atoms with Gasteiger partial charge in [0.1, 0.15) is 11.2 Å². The fraction of sp³-hybridized carbons (Fsp3) is 0.556. The first-order valence-corrected chi connectivity index (χ1v) is 4.04. The van der Waals surface area contributed by atoms with E-state index in [4.69, 9.17) is 5.26 Å². The highest BCUT2D eigenvalue weighted by molar-refractivity contribution is 5.17. The predicted molar refractivity (Wildman–Crippen MR) is 46.5 cm³/mol. The predicted octanol–water partition coefficient (Wildman–Crippen LogP) is 1.70. The lowest BCUT2D eigenvalue weighted by molar-refractivity contribution is 0.569. The second-order valence-corrected chi connectivity index (χ2v) is 3.27. The van der Waals surface area contributed by atoms with E-state index in [0.29, 0.717) is 0 Å². The molecule has 0 unspecified atom stereocenters. The van der Waals surface area contributed by atoms with E-state index in [2.05, 4.69) is 11.1 Å². The Morgan fingerprint density at radius 2 is 2.33 bits per heavy atom. The van der Waals surface area contributed by atoms with Crippen LogP contribution in [0.25, 0.3) is 0 Å². The van der Waals surface area contributed by atoms with E-state index >= 15 is 0 Å². The number of aromatic nitrogens is 2. The summed E-state index contributed by atoms with van der Waals surface area (Å²) in [6, 6.07) is 2.24. The average molecular weight is 163 g/mol. The first-order valence-electron chi connectivity index (χ1n) is 4.04. The zero-order valence-corrected chi connectivity index (χ0v) is 7.70. The second kappa shape index (κ2) is 2.98. The zero-order chi connectivity index (χ0) is 9.19. The molecule has 1 rings (SSSR count). The van der Waals surface area contributed by atoms with Crippen LogP contribution in [0.1, 0.15) is 26.6 Å². The summed E-state index contributed by atoms with van der Waals surface area (Å²) in [6.07, 6.45) is 3.63. The molecular formula is C9H13N3. The van der Waals surface area contributed by atoms with E-state index in [-0.39, 0.29) is 0 Å². The Balaban J connectivity index is 3.11. The third-order valence-corrected chi connectivity index (χ3v) is 1.89. The minimum absolute atomic E-state index is 0.487. The molecule has 0 saturated carbocycles. The van der Waals surface area contributed by atoms with Crippen molar-refractivity contribution in [3.05, 3.63) is 18.2 Å². The largest absolute Gasteiger partial charge is 0.334 e. The fourth-order valence-electron chi connectivity index (χ4n) is 1.15. The monoisotopic (exact) mass is 163 g/mol. The summed E-state index contributed by atoms with van der Waals surface area (Å²) in [5.74, 6) is 0.840. The van der Waals surface area contributed by atoms with Gasteiger partial charge >= 0.3 is 0 Å². The van der Waals surface area contributed by atoms with E-state index in [0.717, 1.165) is 12.4 Å². The van der Waals surface area contributed by atoms with Crippen molar-refractivity contribution in [2.45, 2.75) is 32.7 Å². The van der Waals surface area contributed by atoms with Crippen molar-refractivity contribution in [2.24, 2.45) is 0 Å². The Morgan fingerprint density at radius 1 is 1.67 bits per heavy atom. The molecular weight excluding hydrogens is 150 g/mol. The van der Waals surface area contributed by atoms with E-state index < -0.39 is 5.41 Å². The van der Waals surface area contributed by atoms with Gasteiger partial charge in [0, 0.05) is 18.9 Å². The number of nitrogens with zero attached hydrogens (tertiary/aromatic N) is 3. The van der Waals surface area contributed by atoms with Crippen LogP contribution < -0.4 is 0 Å². The molecule has 0 aromatic carbocycles. The number of rotatable bonds is 2. The molecule has 3 heteroatoms. The highest BCUT2D eigenvalue weighted by Gasteiger charge is 2.24. The lowest BCUT2D eigenvalue weighted by Gasteiger charge is -2.15. The van der Waals surface area contributed by atoms with E-state index in [1.165, 1.54) is 0 Å². The normalized spacial score (nSPS) is 11.2. The molecule has 0 N–H and O–H groups in total. The van der Waals surface area contributed by atoms with Gasteiger partial charge in [-0.2, -0.15) is 5.26 Å². The van der Waals surface area contributed by atoms with Gasteiger partial charge in [-0.25, -0.2) is 4.98 Å². The van der Waals surface area contributed by atoms with Gasteiger partial charge in [0.2, 0.25) is 0 Å². The summed E-state index contributed by atoms with van der Waals surface area (Å²) in [7, 11) is 0. The molecule has 0 bridgehead atoms. The van der Waals surface area contributed by atoms with E-state index in [9.17, 15) is 0 Å². The maximum Gasteiger partial charge on any atom is 0.128 e. The number of nitriles is 1. The van der Waals surface area contributed by atoms with Gasteiger partial charge in [-0.05, 0) is 20.8 Å². The topological polar surface area (TPSA) is 41.6 Å². The summed E-state index contributed by atoms with van der Waals surface area (Å²) in [5.41, 5.74) is -0.487. The molecule has 1 aromatic rings. The van der Waals surface area contributed by atoms with Crippen LogP contribution in [0.2, 0.25) is 0 Å². The maximum atomic E-state index is 8.88. The Kier molecular flexibility index (Phi) is 2.18. The molecule has 0 spiro atoms. The van der Waals surface area contributed by atoms with Gasteiger partial charge in [0.05, 0.1) is 6.07 Å². The summed E-state index contributed by atoms with van der Waals surface area (Å²) in [4.78, 5) is 4.17. The van der Waals surface area contributed by atoms with Crippen molar-refractivity contribution in [1.82, 2.24) is 9.55 Å². The van der Waals surface area contributed by atoms with E-state index in [1.807, 2.05) is 31.5 Å². The number of imidazole rings is 1. The minimum Gasteiger partial charge on any atom is -0.334 e. The molecule has 0 atom stereocenters. The molecule has 0 saturated heterocycles. The van der Waals surface area contributed by atoms with Crippen molar-refractivity contribution >= 4 is 0 Å². The number of aryl methyl sites for hydroxylation is 1. The molecule has 0 aliphatic carbocycles. The highest BCUT2D eigenvalue weighted by Crippen LogP contribution is 2.19. The molecule has 0 radical (unpaired) electrons. The van der Waals surface area contributed by atoms with Gasteiger partial charge < -0.3 is 4.57 Å². The summed E-state index contributed by atoms with van der Waals surface area (Å²) < 4.78 is 1.99. The van der Waals surface area contributed by atoms with Crippen molar-refractivity contribution < 1.29 is 0 Å². The van der Waals surface area contributed by atoms with Crippen LogP contribution in [0.3, 0.4) is 0 Å². The van der Waals surface area contributed by atoms with Crippen molar-refractivity contribution in [3.8, 4) is 6.07 Å². The fourth-order valence-corrected chi connectivity index (χ4v) is 1.15.